The summed E-state index contributed by atoms with van der Waals surface area (Å²) in [5, 5.41) is 2.96. The molecule has 19 heavy (non-hydrogen) atoms. The van der Waals surface area contributed by atoms with E-state index in [1.54, 1.807) is 7.11 Å². The van der Waals surface area contributed by atoms with Crippen LogP contribution in [0.1, 0.15) is 25.3 Å². The Hall–Kier alpha value is -1.71. The van der Waals surface area contributed by atoms with Gasteiger partial charge in [0.05, 0.1) is 13.7 Å². The number of ether oxygens (including phenoxy) is 2. The summed E-state index contributed by atoms with van der Waals surface area (Å²) in [6.45, 7) is 3.34. The first-order valence-electron chi connectivity index (χ1n) is 6.79. The molecule has 0 fully saturated rings. The predicted molar refractivity (Wildman–Crippen MR) is 73.6 cm³/mol. The molecule has 0 saturated carbocycles. The van der Waals surface area contributed by atoms with Gasteiger partial charge in [-0.05, 0) is 36.6 Å². The van der Waals surface area contributed by atoms with Gasteiger partial charge >= 0.3 is 0 Å². The second kappa shape index (κ2) is 6.45. The van der Waals surface area contributed by atoms with Crippen molar-refractivity contribution < 1.29 is 14.3 Å². The number of hydrogen-bond acceptors (Lipinski definition) is 3. The van der Waals surface area contributed by atoms with E-state index in [0.717, 1.165) is 29.9 Å². The van der Waals surface area contributed by atoms with Crippen molar-refractivity contribution in [3.8, 4) is 11.5 Å². The smallest absolute Gasteiger partial charge is 0.219 e. The molecule has 0 saturated heterocycles. The number of rotatable bonds is 5. The largest absolute Gasteiger partial charge is 0.497 e. The molecule has 0 radical (unpaired) electrons. The van der Waals surface area contributed by atoms with Crippen LogP contribution >= 0.6 is 0 Å². The van der Waals surface area contributed by atoms with Gasteiger partial charge in [-0.2, -0.15) is 0 Å². The number of amides is 1. The summed E-state index contributed by atoms with van der Waals surface area (Å²) in [4.78, 5) is 11.5. The Kier molecular flexibility index (Phi) is 4.66. The fourth-order valence-electron chi connectivity index (χ4n) is 2.27. The van der Waals surface area contributed by atoms with Crippen molar-refractivity contribution in [1.29, 1.82) is 0 Å². The van der Waals surface area contributed by atoms with Gasteiger partial charge in [0.1, 0.15) is 11.5 Å². The molecule has 2 rings (SSSR count). The zero-order valence-corrected chi connectivity index (χ0v) is 11.6. The normalized spacial score (nSPS) is 17.3. The molecule has 1 aliphatic heterocycles. The van der Waals surface area contributed by atoms with Gasteiger partial charge in [-0.15, -0.1) is 0 Å². The molecule has 0 bridgehead atoms. The predicted octanol–water partition coefficient (Wildman–Crippen LogP) is 2.16. The van der Waals surface area contributed by atoms with Crippen LogP contribution in [0.15, 0.2) is 18.2 Å². The Morgan fingerprint density at radius 3 is 3.11 bits per heavy atom. The Morgan fingerprint density at radius 2 is 2.37 bits per heavy atom. The summed E-state index contributed by atoms with van der Waals surface area (Å²) in [5.41, 5.74) is 1.15. The van der Waals surface area contributed by atoms with Crippen LogP contribution in [0, 0.1) is 5.92 Å². The maximum absolute atomic E-state index is 11.5. The number of hydrogen-bond donors (Lipinski definition) is 1. The molecule has 1 unspecified atom stereocenters. The van der Waals surface area contributed by atoms with Gasteiger partial charge in [0.2, 0.25) is 5.91 Å². The van der Waals surface area contributed by atoms with Gasteiger partial charge in [0, 0.05) is 18.9 Å². The zero-order valence-electron chi connectivity index (χ0n) is 11.6. The minimum absolute atomic E-state index is 0.124. The first-order valence-corrected chi connectivity index (χ1v) is 6.79. The van der Waals surface area contributed by atoms with E-state index < -0.39 is 0 Å². The van der Waals surface area contributed by atoms with E-state index in [0.29, 0.717) is 25.5 Å². The van der Waals surface area contributed by atoms with Crippen LogP contribution in [0.2, 0.25) is 0 Å². The quantitative estimate of drug-likeness (QED) is 0.885. The Morgan fingerprint density at radius 1 is 1.53 bits per heavy atom. The monoisotopic (exact) mass is 263 g/mol. The highest BCUT2D eigenvalue weighted by molar-refractivity contribution is 5.75. The number of methoxy groups -OCH3 is 1. The molecule has 0 aliphatic carbocycles. The highest BCUT2D eigenvalue weighted by Crippen LogP contribution is 2.30. The van der Waals surface area contributed by atoms with E-state index in [9.17, 15) is 4.79 Å². The lowest BCUT2D eigenvalue weighted by Gasteiger charge is -2.25. The van der Waals surface area contributed by atoms with Gasteiger partial charge in [0.25, 0.3) is 0 Å². The number of benzene rings is 1. The first kappa shape index (κ1) is 13.7. The molecule has 0 spiro atoms. The lowest BCUT2D eigenvalue weighted by Crippen LogP contribution is -2.34. The second-order valence-electron chi connectivity index (χ2n) is 4.91. The Balaban J connectivity index is 1.91. The summed E-state index contributed by atoms with van der Waals surface area (Å²) in [7, 11) is 1.66. The van der Waals surface area contributed by atoms with E-state index >= 15 is 0 Å². The van der Waals surface area contributed by atoms with Crippen molar-refractivity contribution in [2.45, 2.75) is 26.2 Å². The average Bonchev–Trinajstić information content (AvgIpc) is 2.44. The Labute approximate surface area is 114 Å². The molecule has 1 N–H and O–H groups in total. The highest BCUT2D eigenvalue weighted by Gasteiger charge is 2.20. The molecule has 4 heteroatoms. The molecule has 0 aromatic heterocycles. The van der Waals surface area contributed by atoms with Crippen LogP contribution in [0.3, 0.4) is 0 Å². The number of fused-ring (bicyclic) bond motifs is 1. The van der Waals surface area contributed by atoms with Crippen molar-refractivity contribution in [2.24, 2.45) is 5.92 Å². The summed E-state index contributed by atoms with van der Waals surface area (Å²) in [6.07, 6.45) is 2.39. The zero-order chi connectivity index (χ0) is 13.7. The lowest BCUT2D eigenvalue weighted by atomic mass is 9.96. The van der Waals surface area contributed by atoms with E-state index in [1.165, 1.54) is 0 Å². The third-order valence-electron chi connectivity index (χ3n) is 3.32. The fourth-order valence-corrected chi connectivity index (χ4v) is 2.27. The van der Waals surface area contributed by atoms with Crippen LogP contribution in [-0.4, -0.2) is 26.2 Å². The number of carbonyl (C=O) groups excluding carboxylic acids is 1. The Bertz CT molecular complexity index is 445. The molecule has 4 nitrogen and oxygen atoms in total. The fraction of sp³-hybridized carbons (Fsp3) is 0.533. The van der Waals surface area contributed by atoms with Gasteiger partial charge < -0.3 is 14.8 Å². The summed E-state index contributed by atoms with van der Waals surface area (Å²) < 4.78 is 10.9. The van der Waals surface area contributed by atoms with Gasteiger partial charge in [-0.3, -0.25) is 4.79 Å². The number of carbonyl (C=O) groups is 1. The van der Waals surface area contributed by atoms with Crippen LogP contribution in [0.4, 0.5) is 0 Å². The SMILES string of the molecule is CCCC(=O)NCC1COc2ccc(OC)cc2C1. The van der Waals surface area contributed by atoms with Crippen molar-refractivity contribution in [3.63, 3.8) is 0 Å². The molecule has 1 aliphatic rings. The molecule has 104 valence electrons. The van der Waals surface area contributed by atoms with Crippen LogP contribution in [0.25, 0.3) is 0 Å². The van der Waals surface area contributed by atoms with Gasteiger partial charge in [0.15, 0.2) is 0 Å². The van der Waals surface area contributed by atoms with E-state index in [1.807, 2.05) is 25.1 Å². The van der Waals surface area contributed by atoms with Crippen LogP contribution < -0.4 is 14.8 Å². The summed E-state index contributed by atoms with van der Waals surface area (Å²) in [6, 6.07) is 5.86. The number of nitrogens with one attached hydrogen (secondary N) is 1. The minimum Gasteiger partial charge on any atom is -0.497 e. The van der Waals surface area contributed by atoms with Crippen molar-refractivity contribution in [1.82, 2.24) is 5.32 Å². The molecule has 1 aromatic rings. The van der Waals surface area contributed by atoms with Crippen molar-refractivity contribution in [3.05, 3.63) is 23.8 Å². The maximum Gasteiger partial charge on any atom is 0.219 e. The molecular formula is C15H21NO3. The molecular weight excluding hydrogens is 242 g/mol. The summed E-state index contributed by atoms with van der Waals surface area (Å²) in [5.74, 6) is 2.23. The molecule has 1 atom stereocenters. The third-order valence-corrected chi connectivity index (χ3v) is 3.32. The van der Waals surface area contributed by atoms with E-state index in [-0.39, 0.29) is 5.91 Å². The summed E-state index contributed by atoms with van der Waals surface area (Å²) >= 11 is 0. The van der Waals surface area contributed by atoms with Gasteiger partial charge in [-0.1, -0.05) is 6.92 Å². The van der Waals surface area contributed by atoms with Crippen LogP contribution in [0.5, 0.6) is 11.5 Å². The van der Waals surface area contributed by atoms with E-state index in [4.69, 9.17) is 9.47 Å². The standard InChI is InChI=1S/C15H21NO3/c1-3-4-15(17)16-9-11-7-12-8-13(18-2)5-6-14(12)19-10-11/h5-6,8,11H,3-4,7,9-10H2,1-2H3,(H,16,17). The molecule has 1 aromatic carbocycles. The minimum atomic E-state index is 0.124. The van der Waals surface area contributed by atoms with Gasteiger partial charge in [-0.25, -0.2) is 0 Å². The maximum atomic E-state index is 11.5. The third kappa shape index (κ3) is 3.63. The van der Waals surface area contributed by atoms with Crippen molar-refractivity contribution in [2.75, 3.05) is 20.3 Å². The molecule has 1 amide bonds. The first-order chi connectivity index (χ1) is 9.22. The molecule has 1 heterocycles. The van der Waals surface area contributed by atoms with Crippen LogP contribution in [-0.2, 0) is 11.2 Å². The average molecular weight is 263 g/mol. The highest BCUT2D eigenvalue weighted by atomic mass is 16.5. The van der Waals surface area contributed by atoms with Crippen molar-refractivity contribution >= 4 is 5.91 Å². The second-order valence-corrected chi connectivity index (χ2v) is 4.91. The lowest BCUT2D eigenvalue weighted by molar-refractivity contribution is -0.121. The topological polar surface area (TPSA) is 47.6 Å². The van der Waals surface area contributed by atoms with E-state index in [2.05, 4.69) is 5.32 Å².